The van der Waals surface area contributed by atoms with Gasteiger partial charge in [0.15, 0.2) is 12.4 Å². The quantitative estimate of drug-likeness (QED) is 0.156. The Kier molecular flexibility index (Phi) is 13.5. The summed E-state index contributed by atoms with van der Waals surface area (Å²) in [6, 6.07) is 19.0. The maximum absolute atomic E-state index is 12.5. The van der Waals surface area contributed by atoms with Crippen LogP contribution >= 0.6 is 0 Å². The van der Waals surface area contributed by atoms with Gasteiger partial charge in [-0.2, -0.15) is 0 Å². The largest absolute Gasteiger partial charge is 0.460 e. The second kappa shape index (κ2) is 17.5. The smallest absolute Gasteiger partial charge is 0.305 e. The van der Waals surface area contributed by atoms with Gasteiger partial charge in [-0.15, -0.1) is 6.58 Å². The SMILES string of the molecule is C=CCO[C@@H]1[C@H](OC(C)=O)[C@@H](O[C@@H]2[C@H](OCc3ccccc3)[C@@H](OC(C)=O)O[C@@H]2[C@H](C)OC(C)=O)O[C@H](C)[C@H]1OCc1ccccc1. The lowest BCUT2D eigenvalue weighted by Crippen LogP contribution is -2.62. The van der Waals surface area contributed by atoms with E-state index < -0.39 is 79.3 Å². The molecule has 2 aromatic rings. The number of carbonyl (C=O) groups is 3. The molecule has 2 heterocycles. The average Bonchev–Trinajstić information content (AvgIpc) is 3.36. The highest BCUT2D eigenvalue weighted by Gasteiger charge is 2.56. The zero-order valence-electron chi connectivity index (χ0n) is 27.4. The van der Waals surface area contributed by atoms with Crippen LogP contribution in [0.4, 0.5) is 0 Å². The Balaban J connectivity index is 1.66. The summed E-state index contributed by atoms with van der Waals surface area (Å²) in [6.45, 7) is 11.5. The van der Waals surface area contributed by atoms with Crippen LogP contribution in [-0.2, 0) is 70.2 Å². The van der Waals surface area contributed by atoms with Crippen LogP contribution in [-0.4, -0.2) is 85.9 Å². The lowest BCUT2D eigenvalue weighted by Gasteiger charge is -2.45. The highest BCUT2D eigenvalue weighted by atomic mass is 16.8. The van der Waals surface area contributed by atoms with Crippen molar-refractivity contribution in [3.8, 4) is 0 Å². The molecule has 12 nitrogen and oxygen atoms in total. The molecule has 0 aromatic heterocycles. The van der Waals surface area contributed by atoms with Crippen molar-refractivity contribution in [2.75, 3.05) is 6.61 Å². The number of benzene rings is 2. The van der Waals surface area contributed by atoms with Crippen molar-refractivity contribution in [1.29, 1.82) is 0 Å². The van der Waals surface area contributed by atoms with Crippen LogP contribution in [0.5, 0.6) is 0 Å². The third kappa shape index (κ3) is 10.2. The summed E-state index contributed by atoms with van der Waals surface area (Å²) < 4.78 is 54.6. The lowest BCUT2D eigenvalue weighted by atomic mass is 9.98. The van der Waals surface area contributed by atoms with Gasteiger partial charge < -0.3 is 42.6 Å². The van der Waals surface area contributed by atoms with E-state index in [1.54, 1.807) is 19.9 Å². The molecule has 0 saturated carbocycles. The second-order valence-electron chi connectivity index (χ2n) is 11.4. The van der Waals surface area contributed by atoms with E-state index in [2.05, 4.69) is 6.58 Å². The molecule has 2 aliphatic rings. The van der Waals surface area contributed by atoms with Gasteiger partial charge in [-0.1, -0.05) is 66.7 Å². The Morgan fingerprint density at radius 1 is 0.723 bits per heavy atom. The molecule has 47 heavy (non-hydrogen) atoms. The monoisotopic (exact) mass is 656 g/mol. The fraction of sp³-hybridized carbons (Fsp3) is 0.514. The molecule has 0 bridgehead atoms. The van der Waals surface area contributed by atoms with Gasteiger partial charge in [-0.05, 0) is 25.0 Å². The van der Waals surface area contributed by atoms with Crippen molar-refractivity contribution in [1.82, 2.24) is 0 Å². The number of rotatable bonds is 15. The highest BCUT2D eigenvalue weighted by molar-refractivity contribution is 5.67. The summed E-state index contributed by atoms with van der Waals surface area (Å²) in [5.41, 5.74) is 1.78. The Bertz CT molecular complexity index is 1300. The number of ether oxygens (including phenoxy) is 9. The molecule has 10 atom stereocenters. The first-order chi connectivity index (χ1) is 22.6. The highest BCUT2D eigenvalue weighted by Crippen LogP contribution is 2.36. The summed E-state index contributed by atoms with van der Waals surface area (Å²) in [5, 5.41) is 0. The first-order valence-electron chi connectivity index (χ1n) is 15.6. The molecule has 0 radical (unpaired) electrons. The summed E-state index contributed by atoms with van der Waals surface area (Å²) in [6.07, 6.45) is -7.96. The van der Waals surface area contributed by atoms with Crippen molar-refractivity contribution in [2.24, 2.45) is 0 Å². The van der Waals surface area contributed by atoms with Crippen LogP contribution in [0.1, 0.15) is 45.7 Å². The van der Waals surface area contributed by atoms with Crippen LogP contribution in [0.15, 0.2) is 73.3 Å². The van der Waals surface area contributed by atoms with Gasteiger partial charge in [-0.3, -0.25) is 14.4 Å². The molecular formula is C35H44O12. The van der Waals surface area contributed by atoms with Crippen molar-refractivity contribution in [2.45, 2.75) is 109 Å². The zero-order chi connectivity index (χ0) is 33.9. The van der Waals surface area contributed by atoms with Gasteiger partial charge in [0.25, 0.3) is 0 Å². The fourth-order valence-electron chi connectivity index (χ4n) is 5.63. The predicted molar refractivity (Wildman–Crippen MR) is 166 cm³/mol. The van der Waals surface area contributed by atoms with E-state index in [9.17, 15) is 14.4 Å². The molecule has 2 saturated heterocycles. The van der Waals surface area contributed by atoms with Crippen molar-refractivity contribution in [3.05, 3.63) is 84.4 Å². The van der Waals surface area contributed by atoms with Crippen LogP contribution in [0.2, 0.25) is 0 Å². The summed E-state index contributed by atoms with van der Waals surface area (Å²) >= 11 is 0. The van der Waals surface area contributed by atoms with E-state index >= 15 is 0 Å². The van der Waals surface area contributed by atoms with Crippen molar-refractivity contribution < 1.29 is 57.0 Å². The molecule has 0 spiro atoms. The molecule has 0 aliphatic carbocycles. The minimum Gasteiger partial charge on any atom is -0.460 e. The van der Waals surface area contributed by atoms with Gasteiger partial charge in [0.1, 0.15) is 36.6 Å². The minimum atomic E-state index is -1.22. The third-order valence-corrected chi connectivity index (χ3v) is 7.60. The molecule has 4 rings (SSSR count). The molecular weight excluding hydrogens is 612 g/mol. The molecule has 2 aromatic carbocycles. The van der Waals surface area contributed by atoms with E-state index in [0.29, 0.717) is 0 Å². The maximum atomic E-state index is 12.5. The first kappa shape index (κ1) is 36.2. The van der Waals surface area contributed by atoms with E-state index in [4.69, 9.17) is 42.6 Å². The van der Waals surface area contributed by atoms with Crippen LogP contribution in [0, 0.1) is 0 Å². The number of esters is 3. The van der Waals surface area contributed by atoms with Crippen molar-refractivity contribution >= 4 is 17.9 Å². The maximum Gasteiger partial charge on any atom is 0.305 e. The van der Waals surface area contributed by atoms with E-state index in [1.165, 1.54) is 20.8 Å². The van der Waals surface area contributed by atoms with Gasteiger partial charge >= 0.3 is 17.9 Å². The molecule has 2 fully saturated rings. The van der Waals surface area contributed by atoms with E-state index in [1.807, 2.05) is 60.7 Å². The van der Waals surface area contributed by atoms with E-state index in [0.717, 1.165) is 11.1 Å². The van der Waals surface area contributed by atoms with Gasteiger partial charge in [0.2, 0.25) is 6.29 Å². The molecule has 0 amide bonds. The molecule has 2 aliphatic heterocycles. The van der Waals surface area contributed by atoms with Gasteiger partial charge in [0.05, 0.1) is 25.9 Å². The Morgan fingerprint density at radius 3 is 1.83 bits per heavy atom. The third-order valence-electron chi connectivity index (χ3n) is 7.60. The normalized spacial score (nSPS) is 29.4. The summed E-state index contributed by atoms with van der Waals surface area (Å²) in [7, 11) is 0. The standard InChI is InChI=1S/C35H44O12/c1-7-18-39-30-28(40-19-26-14-10-8-11-15-26)21(2)43-35(33(30)44-24(5)37)47-31-29(22(3)42-23(4)36)46-34(45-25(6)38)32(31)41-20-27-16-12-9-13-17-27/h7-17,21-22,28-35H,1,18-20H2,2-6H3/t21-,22+,28-,29-,30+,31+,32+,33+,34+,35-/m1/s1. The predicted octanol–water partition coefficient (Wildman–Crippen LogP) is 4.03. The van der Waals surface area contributed by atoms with Crippen LogP contribution < -0.4 is 0 Å². The van der Waals surface area contributed by atoms with Gasteiger partial charge in [0, 0.05) is 20.8 Å². The van der Waals surface area contributed by atoms with E-state index in [-0.39, 0.29) is 19.8 Å². The lowest BCUT2D eigenvalue weighted by molar-refractivity contribution is -0.326. The average molecular weight is 657 g/mol. The van der Waals surface area contributed by atoms with Gasteiger partial charge in [-0.25, -0.2) is 0 Å². The zero-order valence-corrected chi connectivity index (χ0v) is 27.4. The Hall–Kier alpha value is -3.65. The summed E-state index contributed by atoms with van der Waals surface area (Å²) in [5.74, 6) is -1.76. The fourth-order valence-corrected chi connectivity index (χ4v) is 5.63. The number of hydrogen-bond donors (Lipinski definition) is 0. The second-order valence-corrected chi connectivity index (χ2v) is 11.4. The molecule has 0 N–H and O–H groups in total. The topological polar surface area (TPSA) is 134 Å². The molecule has 256 valence electrons. The molecule has 0 unspecified atom stereocenters. The van der Waals surface area contributed by atoms with Crippen LogP contribution in [0.3, 0.4) is 0 Å². The molecule has 12 heteroatoms. The Morgan fingerprint density at radius 2 is 1.30 bits per heavy atom. The first-order valence-corrected chi connectivity index (χ1v) is 15.6. The Labute approximate surface area is 275 Å². The minimum absolute atomic E-state index is 0.122. The summed E-state index contributed by atoms with van der Waals surface area (Å²) in [4.78, 5) is 36.5. The van der Waals surface area contributed by atoms with Crippen molar-refractivity contribution in [3.63, 3.8) is 0 Å². The number of hydrogen-bond acceptors (Lipinski definition) is 12. The number of carbonyl (C=O) groups excluding carboxylic acids is 3. The van der Waals surface area contributed by atoms with Crippen LogP contribution in [0.25, 0.3) is 0 Å².